The number of rotatable bonds is 4. The Morgan fingerprint density at radius 3 is 1.31 bits per heavy atom. The summed E-state index contributed by atoms with van der Waals surface area (Å²) in [6.07, 6.45) is 2.42. The maximum Gasteiger partial charge on any atom is 0.0634 e. The van der Waals surface area contributed by atoms with Crippen LogP contribution >= 0.6 is 0 Å². The van der Waals surface area contributed by atoms with Gasteiger partial charge in [-0.05, 0) is 80.3 Å². The van der Waals surface area contributed by atoms with Gasteiger partial charge in [-0.2, -0.15) is 0 Å². The third-order valence-corrected chi connectivity index (χ3v) is 14.0. The first-order valence-corrected chi connectivity index (χ1v) is 16.5. The largest absolute Gasteiger partial charge is 0.0684 e. The van der Waals surface area contributed by atoms with Crippen molar-refractivity contribution < 1.29 is 0 Å². The molecule has 0 amide bonds. The van der Waals surface area contributed by atoms with E-state index >= 15 is 0 Å². The minimum atomic E-state index is -1.71. The molecule has 0 radical (unpaired) electrons. The van der Waals surface area contributed by atoms with Crippen LogP contribution in [0.5, 0.6) is 0 Å². The highest BCUT2D eigenvalue weighted by Crippen LogP contribution is 2.55. The Labute approximate surface area is 212 Å². The molecule has 4 unspecified atom stereocenters. The van der Waals surface area contributed by atoms with Gasteiger partial charge in [0, 0.05) is 0 Å². The molecule has 0 aliphatic heterocycles. The van der Waals surface area contributed by atoms with E-state index in [1.54, 1.807) is 22.3 Å². The van der Waals surface area contributed by atoms with Crippen molar-refractivity contribution in [2.24, 2.45) is 11.8 Å². The molecule has 0 aromatic heterocycles. The third kappa shape index (κ3) is 3.64. The summed E-state index contributed by atoms with van der Waals surface area (Å²) in [4.78, 5) is 0. The minimum Gasteiger partial charge on any atom is -0.0684 e. The van der Waals surface area contributed by atoms with Crippen LogP contribution in [0, 0.1) is 11.8 Å². The predicted molar refractivity (Wildman–Crippen MR) is 152 cm³/mol. The second-order valence-corrected chi connectivity index (χ2v) is 16.5. The minimum absolute atomic E-state index is 0.694. The number of benzene rings is 4. The van der Waals surface area contributed by atoms with Crippen LogP contribution in [-0.2, 0) is 12.8 Å². The van der Waals surface area contributed by atoms with E-state index in [9.17, 15) is 0 Å². The Kier molecular flexibility index (Phi) is 5.57. The lowest BCUT2D eigenvalue weighted by Gasteiger charge is -2.41. The van der Waals surface area contributed by atoms with Gasteiger partial charge in [0.25, 0.3) is 0 Å². The lowest BCUT2D eigenvalue weighted by atomic mass is 9.97. The molecule has 4 atom stereocenters. The van der Waals surface area contributed by atoms with Crippen LogP contribution in [0.4, 0.5) is 0 Å². The zero-order valence-corrected chi connectivity index (χ0v) is 22.5. The maximum absolute atomic E-state index is 2.70. The molecule has 0 heterocycles. The summed E-state index contributed by atoms with van der Waals surface area (Å²) in [7, 11) is -1.71. The Morgan fingerprint density at radius 2 is 0.914 bits per heavy atom. The first-order valence-electron chi connectivity index (χ1n) is 13.3. The molecular weight excluding hydrogens is 436 g/mol. The van der Waals surface area contributed by atoms with Crippen LogP contribution in [0.1, 0.15) is 47.2 Å². The van der Waals surface area contributed by atoms with Crippen molar-refractivity contribution in [3.63, 3.8) is 0 Å². The third-order valence-electron chi connectivity index (χ3n) is 9.06. The number of hydrogen-bond donors (Lipinski definition) is 0. The quantitative estimate of drug-likeness (QED) is 0.260. The molecule has 0 N–H and O–H groups in total. The van der Waals surface area contributed by atoms with Gasteiger partial charge in [0.2, 0.25) is 0 Å². The topological polar surface area (TPSA) is 0 Å². The van der Waals surface area contributed by atoms with Gasteiger partial charge in [0.1, 0.15) is 0 Å². The summed E-state index contributed by atoms with van der Waals surface area (Å²) in [5.41, 5.74) is 13.5. The molecule has 2 aliphatic carbocycles. The SMILES string of the molecule is CC1Cc2c(-c3ccccc3)cccc2C1[Si](C)(C)C1c2cccc(-c3ccccc3)c2CC1C. The summed E-state index contributed by atoms with van der Waals surface area (Å²) in [5, 5.41) is 0. The second kappa shape index (κ2) is 8.64. The van der Waals surface area contributed by atoms with Crippen molar-refractivity contribution in [1.29, 1.82) is 0 Å². The summed E-state index contributed by atoms with van der Waals surface area (Å²) < 4.78 is 0. The van der Waals surface area contributed by atoms with Crippen LogP contribution in [0.15, 0.2) is 97.1 Å². The van der Waals surface area contributed by atoms with Crippen molar-refractivity contribution in [1.82, 2.24) is 0 Å². The van der Waals surface area contributed by atoms with Gasteiger partial charge in [-0.15, -0.1) is 0 Å². The van der Waals surface area contributed by atoms with Gasteiger partial charge in [0.05, 0.1) is 8.07 Å². The van der Waals surface area contributed by atoms with Crippen molar-refractivity contribution in [2.45, 2.75) is 50.9 Å². The highest BCUT2D eigenvalue weighted by atomic mass is 28.3. The highest BCUT2D eigenvalue weighted by molar-refractivity contribution is 6.80. The molecule has 35 heavy (non-hydrogen) atoms. The van der Waals surface area contributed by atoms with Gasteiger partial charge < -0.3 is 0 Å². The molecular formula is C34H36Si. The molecule has 1 heteroatoms. The van der Waals surface area contributed by atoms with E-state index in [-0.39, 0.29) is 0 Å². The molecule has 0 fully saturated rings. The van der Waals surface area contributed by atoms with Crippen LogP contribution < -0.4 is 0 Å². The fourth-order valence-electron chi connectivity index (χ4n) is 7.98. The smallest absolute Gasteiger partial charge is 0.0634 e. The van der Waals surface area contributed by atoms with Crippen molar-refractivity contribution in [3.8, 4) is 22.3 Å². The standard InChI is InChI=1S/C34H36Si/c1-23-21-31-27(25-13-7-5-8-14-25)17-11-19-29(31)33(23)35(3,4)34-24(2)22-32-28(18-12-20-30(32)34)26-15-9-6-10-16-26/h5-20,23-24,33-34H,21-22H2,1-4H3. The summed E-state index contributed by atoms with van der Waals surface area (Å²) >= 11 is 0. The van der Waals surface area contributed by atoms with Gasteiger partial charge in [-0.25, -0.2) is 0 Å². The molecule has 0 bridgehead atoms. The highest BCUT2D eigenvalue weighted by Gasteiger charge is 2.51. The normalized spacial score (nSPS) is 23.2. The molecule has 4 aromatic carbocycles. The van der Waals surface area contributed by atoms with Crippen LogP contribution in [0.25, 0.3) is 22.3 Å². The molecule has 0 saturated heterocycles. The molecule has 2 aliphatic rings. The number of hydrogen-bond acceptors (Lipinski definition) is 0. The fraction of sp³-hybridized carbons (Fsp3) is 0.294. The second-order valence-electron chi connectivity index (χ2n) is 11.6. The van der Waals surface area contributed by atoms with E-state index in [0.29, 0.717) is 22.9 Å². The molecule has 176 valence electrons. The maximum atomic E-state index is 2.70. The lowest BCUT2D eigenvalue weighted by molar-refractivity contribution is 0.543. The first kappa shape index (κ1) is 22.6. The van der Waals surface area contributed by atoms with Crippen molar-refractivity contribution >= 4 is 8.07 Å². The molecule has 4 aromatic rings. The Balaban J connectivity index is 1.44. The van der Waals surface area contributed by atoms with E-state index in [1.807, 2.05) is 0 Å². The van der Waals surface area contributed by atoms with Gasteiger partial charge >= 0.3 is 0 Å². The molecule has 6 rings (SSSR count). The Bertz CT molecular complexity index is 1250. The average Bonchev–Trinajstić information content (AvgIpc) is 3.41. The zero-order chi connectivity index (χ0) is 24.2. The van der Waals surface area contributed by atoms with E-state index in [2.05, 4.69) is 124 Å². The summed E-state index contributed by atoms with van der Waals surface area (Å²) in [5.74, 6) is 1.40. The van der Waals surface area contributed by atoms with Gasteiger partial charge in [0.15, 0.2) is 0 Å². The van der Waals surface area contributed by atoms with E-state index in [0.717, 1.165) is 0 Å². The van der Waals surface area contributed by atoms with E-state index in [4.69, 9.17) is 0 Å². The lowest BCUT2D eigenvalue weighted by Crippen LogP contribution is -2.45. The molecule has 0 nitrogen and oxygen atoms in total. The number of fused-ring (bicyclic) bond motifs is 2. The fourth-order valence-corrected chi connectivity index (χ4v) is 13.7. The van der Waals surface area contributed by atoms with Crippen LogP contribution in [-0.4, -0.2) is 8.07 Å². The van der Waals surface area contributed by atoms with Crippen molar-refractivity contribution in [3.05, 3.63) is 119 Å². The molecule has 0 saturated carbocycles. The van der Waals surface area contributed by atoms with E-state index < -0.39 is 8.07 Å². The Morgan fingerprint density at radius 1 is 0.514 bits per heavy atom. The van der Waals surface area contributed by atoms with Crippen molar-refractivity contribution in [2.75, 3.05) is 0 Å². The van der Waals surface area contributed by atoms with Gasteiger partial charge in [-0.1, -0.05) is 124 Å². The summed E-state index contributed by atoms with van der Waals surface area (Å²) in [6, 6.07) is 36.3. The summed E-state index contributed by atoms with van der Waals surface area (Å²) in [6.45, 7) is 10.4. The Hall–Kier alpha value is -2.90. The predicted octanol–water partition coefficient (Wildman–Crippen LogP) is 9.06. The monoisotopic (exact) mass is 472 g/mol. The molecule has 0 spiro atoms. The van der Waals surface area contributed by atoms with Crippen LogP contribution in [0.3, 0.4) is 0 Å². The van der Waals surface area contributed by atoms with E-state index in [1.165, 1.54) is 35.1 Å². The van der Waals surface area contributed by atoms with Crippen LogP contribution in [0.2, 0.25) is 13.1 Å². The average molecular weight is 473 g/mol. The first-order chi connectivity index (χ1) is 17.0. The van der Waals surface area contributed by atoms with Gasteiger partial charge in [-0.3, -0.25) is 0 Å². The zero-order valence-electron chi connectivity index (χ0n) is 21.5.